The van der Waals surface area contributed by atoms with Crippen LogP contribution in [0.25, 0.3) is 0 Å². The van der Waals surface area contributed by atoms with E-state index in [0.29, 0.717) is 5.76 Å². The van der Waals surface area contributed by atoms with Crippen molar-refractivity contribution in [1.82, 2.24) is 0 Å². The highest BCUT2D eigenvalue weighted by molar-refractivity contribution is 5.87. The van der Waals surface area contributed by atoms with Crippen molar-refractivity contribution in [1.29, 1.82) is 0 Å². The fourth-order valence-corrected chi connectivity index (χ4v) is 1.87. The van der Waals surface area contributed by atoms with Crippen LogP contribution in [0, 0.1) is 20.8 Å². The van der Waals surface area contributed by atoms with Crippen molar-refractivity contribution in [3.63, 3.8) is 0 Å². The van der Waals surface area contributed by atoms with Crippen LogP contribution in [0.2, 0.25) is 0 Å². The summed E-state index contributed by atoms with van der Waals surface area (Å²) in [6.07, 6.45) is 1.22. The van der Waals surface area contributed by atoms with Crippen molar-refractivity contribution >= 4 is 5.97 Å². The van der Waals surface area contributed by atoms with Crippen LogP contribution in [0.15, 0.2) is 28.9 Å². The highest BCUT2D eigenvalue weighted by Gasteiger charge is 2.10. The standard InChI is InChI=1S/C15H16O4/c1-9-4-10(2)11(3)14(5-9)19-8-13-6-12(7-18-13)15(16)17/h4-7H,8H2,1-3H3,(H,16,17). The summed E-state index contributed by atoms with van der Waals surface area (Å²) in [7, 11) is 0. The van der Waals surface area contributed by atoms with Gasteiger partial charge in [-0.15, -0.1) is 0 Å². The molecule has 0 unspecified atom stereocenters. The molecular formula is C15H16O4. The van der Waals surface area contributed by atoms with Gasteiger partial charge in [-0.25, -0.2) is 4.79 Å². The van der Waals surface area contributed by atoms with E-state index in [4.69, 9.17) is 14.3 Å². The van der Waals surface area contributed by atoms with Gasteiger partial charge in [-0.3, -0.25) is 0 Å². The molecule has 0 amide bonds. The molecule has 1 heterocycles. The fourth-order valence-electron chi connectivity index (χ4n) is 1.87. The second-order valence-corrected chi connectivity index (χ2v) is 4.60. The molecule has 0 aliphatic carbocycles. The third-order valence-electron chi connectivity index (χ3n) is 3.03. The molecule has 0 spiro atoms. The summed E-state index contributed by atoms with van der Waals surface area (Å²) in [5, 5.41) is 8.80. The highest BCUT2D eigenvalue weighted by atomic mass is 16.5. The number of furan rings is 1. The van der Waals surface area contributed by atoms with Crippen LogP contribution in [0.1, 0.15) is 32.8 Å². The lowest BCUT2D eigenvalue weighted by Crippen LogP contribution is -1.98. The van der Waals surface area contributed by atoms with E-state index in [9.17, 15) is 4.79 Å². The number of rotatable bonds is 4. The Kier molecular flexibility index (Phi) is 3.60. The van der Waals surface area contributed by atoms with Gasteiger partial charge >= 0.3 is 5.97 Å². The molecule has 0 saturated carbocycles. The van der Waals surface area contributed by atoms with Gasteiger partial charge in [-0.2, -0.15) is 0 Å². The molecule has 2 aromatic rings. The second kappa shape index (κ2) is 5.18. The Hall–Kier alpha value is -2.23. The molecule has 4 heteroatoms. The maximum absolute atomic E-state index is 10.7. The number of ether oxygens (including phenoxy) is 1. The minimum Gasteiger partial charge on any atom is -0.485 e. The quantitative estimate of drug-likeness (QED) is 0.914. The van der Waals surface area contributed by atoms with Gasteiger partial charge in [0.2, 0.25) is 0 Å². The van der Waals surface area contributed by atoms with Crippen molar-refractivity contribution in [2.75, 3.05) is 0 Å². The third kappa shape index (κ3) is 2.96. The molecule has 0 radical (unpaired) electrons. The summed E-state index contributed by atoms with van der Waals surface area (Å²) in [4.78, 5) is 10.7. The second-order valence-electron chi connectivity index (χ2n) is 4.60. The summed E-state index contributed by atoms with van der Waals surface area (Å²) in [6, 6.07) is 5.53. The first-order valence-corrected chi connectivity index (χ1v) is 5.98. The fraction of sp³-hybridized carbons (Fsp3) is 0.267. The number of aromatic carboxylic acids is 1. The van der Waals surface area contributed by atoms with E-state index >= 15 is 0 Å². The third-order valence-corrected chi connectivity index (χ3v) is 3.03. The molecule has 0 atom stereocenters. The Morgan fingerprint density at radius 2 is 2.00 bits per heavy atom. The Bertz CT molecular complexity index is 611. The average Bonchev–Trinajstić information content (AvgIpc) is 2.81. The van der Waals surface area contributed by atoms with Gasteiger partial charge in [-0.1, -0.05) is 6.07 Å². The molecule has 0 fully saturated rings. The minimum atomic E-state index is -1.00. The summed E-state index contributed by atoms with van der Waals surface area (Å²) in [5.74, 6) is 0.291. The van der Waals surface area contributed by atoms with E-state index in [1.807, 2.05) is 26.8 Å². The van der Waals surface area contributed by atoms with Crippen LogP contribution in [0.3, 0.4) is 0 Å². The van der Waals surface area contributed by atoms with Crippen molar-refractivity contribution in [2.45, 2.75) is 27.4 Å². The molecule has 4 nitrogen and oxygen atoms in total. The number of hydrogen-bond donors (Lipinski definition) is 1. The van der Waals surface area contributed by atoms with Crippen LogP contribution in [-0.4, -0.2) is 11.1 Å². The molecule has 1 aromatic heterocycles. The van der Waals surface area contributed by atoms with Gasteiger partial charge in [0, 0.05) is 0 Å². The zero-order valence-electron chi connectivity index (χ0n) is 11.2. The van der Waals surface area contributed by atoms with Crippen LogP contribution >= 0.6 is 0 Å². The van der Waals surface area contributed by atoms with Gasteiger partial charge < -0.3 is 14.3 Å². The van der Waals surface area contributed by atoms with Crippen molar-refractivity contribution in [3.8, 4) is 5.75 Å². The Morgan fingerprint density at radius 1 is 1.26 bits per heavy atom. The molecular weight excluding hydrogens is 244 g/mol. The number of benzene rings is 1. The molecule has 0 aliphatic rings. The molecule has 0 saturated heterocycles. The Morgan fingerprint density at radius 3 is 2.63 bits per heavy atom. The van der Waals surface area contributed by atoms with Gasteiger partial charge in [-0.05, 0) is 49.6 Å². The molecule has 2 rings (SSSR count). The number of carboxylic acids is 1. The normalized spacial score (nSPS) is 10.5. The summed E-state index contributed by atoms with van der Waals surface area (Å²) >= 11 is 0. The maximum atomic E-state index is 10.7. The summed E-state index contributed by atoms with van der Waals surface area (Å²) in [5.41, 5.74) is 3.51. The molecule has 19 heavy (non-hydrogen) atoms. The lowest BCUT2D eigenvalue weighted by molar-refractivity contribution is 0.0696. The van der Waals surface area contributed by atoms with Crippen LogP contribution in [0.4, 0.5) is 0 Å². The first kappa shape index (κ1) is 13.2. The molecule has 0 bridgehead atoms. The SMILES string of the molecule is Cc1cc(C)c(C)c(OCc2cc(C(=O)O)co2)c1. The summed E-state index contributed by atoms with van der Waals surface area (Å²) < 4.78 is 10.8. The van der Waals surface area contributed by atoms with Gasteiger partial charge in [0.25, 0.3) is 0 Å². The molecule has 0 aliphatic heterocycles. The monoisotopic (exact) mass is 260 g/mol. The summed E-state index contributed by atoms with van der Waals surface area (Å²) in [6.45, 7) is 6.26. The maximum Gasteiger partial charge on any atom is 0.338 e. The van der Waals surface area contributed by atoms with Gasteiger partial charge in [0.05, 0.1) is 5.56 Å². The largest absolute Gasteiger partial charge is 0.485 e. The van der Waals surface area contributed by atoms with E-state index < -0.39 is 5.97 Å². The predicted molar refractivity (Wildman–Crippen MR) is 70.7 cm³/mol. The first-order valence-electron chi connectivity index (χ1n) is 5.98. The van der Waals surface area contributed by atoms with Crippen molar-refractivity contribution in [3.05, 3.63) is 52.5 Å². The number of carbonyl (C=O) groups is 1. The van der Waals surface area contributed by atoms with Crippen molar-refractivity contribution < 1.29 is 19.1 Å². The zero-order chi connectivity index (χ0) is 14.0. The average molecular weight is 260 g/mol. The molecule has 100 valence electrons. The smallest absolute Gasteiger partial charge is 0.338 e. The van der Waals surface area contributed by atoms with E-state index in [1.165, 1.54) is 17.9 Å². The number of hydrogen-bond acceptors (Lipinski definition) is 3. The predicted octanol–water partition coefficient (Wildman–Crippen LogP) is 3.48. The Balaban J connectivity index is 2.12. The Labute approximate surface area is 111 Å². The number of carboxylic acid groups (broad SMARTS) is 1. The van der Waals surface area contributed by atoms with E-state index in [0.717, 1.165) is 16.9 Å². The highest BCUT2D eigenvalue weighted by Crippen LogP contribution is 2.24. The lowest BCUT2D eigenvalue weighted by atomic mass is 10.1. The van der Waals surface area contributed by atoms with Crippen LogP contribution < -0.4 is 4.74 Å². The molecule has 1 aromatic carbocycles. The topological polar surface area (TPSA) is 59.7 Å². The van der Waals surface area contributed by atoms with E-state index in [1.54, 1.807) is 0 Å². The van der Waals surface area contributed by atoms with Crippen LogP contribution in [0.5, 0.6) is 5.75 Å². The molecule has 1 N–H and O–H groups in total. The minimum absolute atomic E-state index is 0.135. The van der Waals surface area contributed by atoms with Crippen LogP contribution in [-0.2, 0) is 6.61 Å². The lowest BCUT2D eigenvalue weighted by Gasteiger charge is -2.11. The van der Waals surface area contributed by atoms with Crippen molar-refractivity contribution in [2.24, 2.45) is 0 Å². The first-order chi connectivity index (χ1) is 8.97. The van der Waals surface area contributed by atoms with E-state index in [2.05, 4.69) is 6.07 Å². The van der Waals surface area contributed by atoms with E-state index in [-0.39, 0.29) is 12.2 Å². The zero-order valence-corrected chi connectivity index (χ0v) is 11.2. The van der Waals surface area contributed by atoms with Gasteiger partial charge in [0.15, 0.2) is 0 Å². The number of aryl methyl sites for hydroxylation is 2. The van der Waals surface area contributed by atoms with Gasteiger partial charge in [0.1, 0.15) is 24.4 Å².